The lowest BCUT2D eigenvalue weighted by Crippen LogP contribution is -1.99. The van der Waals surface area contributed by atoms with Gasteiger partial charge in [-0.1, -0.05) is 23.8 Å². The molecule has 15 heavy (non-hydrogen) atoms. The molecule has 0 radical (unpaired) electrons. The van der Waals surface area contributed by atoms with Gasteiger partial charge in [-0.25, -0.2) is 0 Å². The molecule has 1 aromatic carbocycles. The van der Waals surface area contributed by atoms with Crippen molar-refractivity contribution in [2.45, 2.75) is 6.92 Å². The minimum Gasteiger partial charge on any atom is -0.327 e. The molecular formula is C13H14N2. The van der Waals surface area contributed by atoms with Gasteiger partial charge in [-0.05, 0) is 30.7 Å². The van der Waals surface area contributed by atoms with Gasteiger partial charge in [-0.2, -0.15) is 0 Å². The number of nitrogens with zero attached hydrogens (tertiary/aromatic N) is 1. The van der Waals surface area contributed by atoms with E-state index in [0.29, 0.717) is 6.54 Å². The van der Waals surface area contributed by atoms with Crippen LogP contribution >= 0.6 is 0 Å². The fourth-order valence-electron chi connectivity index (χ4n) is 1.53. The SMILES string of the molecule is CC(=Cc1ccc2ncccc2c1)CN. The summed E-state index contributed by atoms with van der Waals surface area (Å²) < 4.78 is 0. The minimum atomic E-state index is 0.602. The van der Waals surface area contributed by atoms with Gasteiger partial charge in [0.25, 0.3) is 0 Å². The highest BCUT2D eigenvalue weighted by Crippen LogP contribution is 2.15. The smallest absolute Gasteiger partial charge is 0.0702 e. The maximum atomic E-state index is 5.55. The third-order valence-electron chi connectivity index (χ3n) is 2.36. The Balaban J connectivity index is 2.47. The summed E-state index contributed by atoms with van der Waals surface area (Å²) in [5.41, 5.74) is 8.94. The van der Waals surface area contributed by atoms with Crippen LogP contribution in [0.1, 0.15) is 12.5 Å². The molecule has 76 valence electrons. The Morgan fingerprint density at radius 2 is 2.27 bits per heavy atom. The van der Waals surface area contributed by atoms with E-state index < -0.39 is 0 Å². The van der Waals surface area contributed by atoms with Gasteiger partial charge in [0, 0.05) is 18.1 Å². The molecular weight excluding hydrogens is 184 g/mol. The van der Waals surface area contributed by atoms with Crippen LogP contribution in [0.4, 0.5) is 0 Å². The van der Waals surface area contributed by atoms with E-state index in [9.17, 15) is 0 Å². The molecule has 2 aromatic rings. The molecule has 2 rings (SSSR count). The summed E-state index contributed by atoms with van der Waals surface area (Å²) in [5.74, 6) is 0. The number of pyridine rings is 1. The Kier molecular flexibility index (Phi) is 2.79. The molecule has 0 amide bonds. The van der Waals surface area contributed by atoms with E-state index in [1.165, 1.54) is 11.1 Å². The molecule has 0 fully saturated rings. The average Bonchev–Trinajstić information content (AvgIpc) is 2.29. The third kappa shape index (κ3) is 2.22. The third-order valence-corrected chi connectivity index (χ3v) is 2.36. The quantitative estimate of drug-likeness (QED) is 0.805. The first kappa shape index (κ1) is 9.87. The number of rotatable bonds is 2. The van der Waals surface area contributed by atoms with Crippen LogP contribution in [0.5, 0.6) is 0 Å². The van der Waals surface area contributed by atoms with Crippen molar-refractivity contribution in [1.82, 2.24) is 4.98 Å². The van der Waals surface area contributed by atoms with Crippen LogP contribution in [0.25, 0.3) is 17.0 Å². The second kappa shape index (κ2) is 4.24. The molecule has 0 bridgehead atoms. The second-order valence-corrected chi connectivity index (χ2v) is 3.65. The van der Waals surface area contributed by atoms with E-state index >= 15 is 0 Å². The summed E-state index contributed by atoms with van der Waals surface area (Å²) in [7, 11) is 0. The Morgan fingerprint density at radius 3 is 3.07 bits per heavy atom. The number of fused-ring (bicyclic) bond motifs is 1. The minimum absolute atomic E-state index is 0.602. The van der Waals surface area contributed by atoms with Crippen molar-refractivity contribution in [2.75, 3.05) is 6.54 Å². The van der Waals surface area contributed by atoms with Crippen molar-refractivity contribution in [3.05, 3.63) is 47.7 Å². The molecule has 1 aromatic heterocycles. The van der Waals surface area contributed by atoms with E-state index in [1.54, 1.807) is 0 Å². The van der Waals surface area contributed by atoms with Crippen molar-refractivity contribution in [3.63, 3.8) is 0 Å². The van der Waals surface area contributed by atoms with Gasteiger partial charge in [0.15, 0.2) is 0 Å². The maximum absolute atomic E-state index is 5.55. The van der Waals surface area contributed by atoms with Crippen LogP contribution in [0.2, 0.25) is 0 Å². The zero-order valence-corrected chi connectivity index (χ0v) is 8.77. The molecule has 0 aliphatic carbocycles. The molecule has 2 heteroatoms. The van der Waals surface area contributed by atoms with Gasteiger partial charge >= 0.3 is 0 Å². The Bertz CT molecular complexity index is 501. The van der Waals surface area contributed by atoms with Gasteiger partial charge in [-0.3, -0.25) is 4.98 Å². The summed E-state index contributed by atoms with van der Waals surface area (Å²) in [6, 6.07) is 10.2. The molecule has 0 unspecified atom stereocenters. The van der Waals surface area contributed by atoms with Crippen LogP contribution in [-0.2, 0) is 0 Å². The second-order valence-electron chi connectivity index (χ2n) is 3.65. The lowest BCUT2D eigenvalue weighted by Gasteiger charge is -2.00. The molecule has 0 saturated carbocycles. The number of benzene rings is 1. The first-order chi connectivity index (χ1) is 7.29. The van der Waals surface area contributed by atoms with E-state index in [2.05, 4.69) is 29.3 Å². The Labute approximate surface area is 89.4 Å². The monoisotopic (exact) mass is 198 g/mol. The summed E-state index contributed by atoms with van der Waals surface area (Å²) in [6.45, 7) is 2.64. The number of hydrogen-bond donors (Lipinski definition) is 1. The van der Waals surface area contributed by atoms with Crippen LogP contribution in [0.3, 0.4) is 0 Å². The van der Waals surface area contributed by atoms with E-state index in [1.807, 2.05) is 25.3 Å². The van der Waals surface area contributed by atoms with Crippen molar-refractivity contribution in [2.24, 2.45) is 5.73 Å². The maximum Gasteiger partial charge on any atom is 0.0702 e. The first-order valence-electron chi connectivity index (χ1n) is 5.01. The number of aromatic nitrogens is 1. The molecule has 0 atom stereocenters. The van der Waals surface area contributed by atoms with Crippen molar-refractivity contribution < 1.29 is 0 Å². The van der Waals surface area contributed by atoms with Crippen LogP contribution in [-0.4, -0.2) is 11.5 Å². The van der Waals surface area contributed by atoms with Gasteiger partial charge in [0.2, 0.25) is 0 Å². The lowest BCUT2D eigenvalue weighted by atomic mass is 10.1. The molecule has 0 aliphatic heterocycles. The van der Waals surface area contributed by atoms with Crippen molar-refractivity contribution in [3.8, 4) is 0 Å². The number of nitrogens with two attached hydrogens (primary N) is 1. The van der Waals surface area contributed by atoms with Crippen molar-refractivity contribution in [1.29, 1.82) is 0 Å². The molecule has 0 saturated heterocycles. The highest BCUT2D eigenvalue weighted by molar-refractivity contribution is 5.81. The Morgan fingerprint density at radius 1 is 1.40 bits per heavy atom. The van der Waals surface area contributed by atoms with Gasteiger partial charge in [0.05, 0.1) is 5.52 Å². The summed E-state index contributed by atoms with van der Waals surface area (Å²) >= 11 is 0. The average molecular weight is 198 g/mol. The topological polar surface area (TPSA) is 38.9 Å². The predicted molar refractivity (Wildman–Crippen MR) is 64.4 cm³/mol. The van der Waals surface area contributed by atoms with Crippen molar-refractivity contribution >= 4 is 17.0 Å². The van der Waals surface area contributed by atoms with Gasteiger partial charge < -0.3 is 5.73 Å². The van der Waals surface area contributed by atoms with Crippen LogP contribution in [0.15, 0.2) is 42.1 Å². The molecule has 1 heterocycles. The zero-order valence-electron chi connectivity index (χ0n) is 8.77. The predicted octanol–water partition coefficient (Wildman–Crippen LogP) is 2.60. The van der Waals surface area contributed by atoms with Gasteiger partial charge in [0.1, 0.15) is 0 Å². The van der Waals surface area contributed by atoms with Crippen LogP contribution < -0.4 is 5.73 Å². The zero-order chi connectivity index (χ0) is 10.7. The van der Waals surface area contributed by atoms with Crippen LogP contribution in [0, 0.1) is 0 Å². The summed E-state index contributed by atoms with van der Waals surface area (Å²) in [5, 5.41) is 1.16. The molecule has 2 N–H and O–H groups in total. The molecule has 0 spiro atoms. The Hall–Kier alpha value is -1.67. The highest BCUT2D eigenvalue weighted by atomic mass is 14.6. The normalized spacial score (nSPS) is 12.0. The summed E-state index contributed by atoms with van der Waals surface area (Å²) in [4.78, 5) is 4.28. The summed E-state index contributed by atoms with van der Waals surface area (Å²) in [6.07, 6.45) is 3.91. The largest absolute Gasteiger partial charge is 0.327 e. The fourth-order valence-corrected chi connectivity index (χ4v) is 1.53. The lowest BCUT2D eigenvalue weighted by molar-refractivity contribution is 1.15. The highest BCUT2D eigenvalue weighted by Gasteiger charge is 1.94. The van der Waals surface area contributed by atoms with E-state index in [4.69, 9.17) is 5.73 Å². The number of hydrogen-bond acceptors (Lipinski definition) is 2. The first-order valence-corrected chi connectivity index (χ1v) is 5.01. The standard InChI is InChI=1S/C13H14N2/c1-10(9-14)7-11-4-5-13-12(8-11)3-2-6-15-13/h2-8H,9,14H2,1H3. The van der Waals surface area contributed by atoms with E-state index in [-0.39, 0.29) is 0 Å². The molecule has 0 aliphatic rings. The molecule has 2 nitrogen and oxygen atoms in total. The van der Waals surface area contributed by atoms with E-state index in [0.717, 1.165) is 10.9 Å². The fraction of sp³-hybridized carbons (Fsp3) is 0.154. The van der Waals surface area contributed by atoms with Gasteiger partial charge in [-0.15, -0.1) is 0 Å².